The van der Waals surface area contributed by atoms with Crippen LogP contribution in [0, 0.1) is 11.8 Å². The van der Waals surface area contributed by atoms with E-state index < -0.39 is 19.6 Å². The molecule has 6 nitrogen and oxygen atoms in total. The molecule has 7 heteroatoms. The Balaban J connectivity index is 2.17. The summed E-state index contributed by atoms with van der Waals surface area (Å²) in [4.78, 5) is 27.7. The summed E-state index contributed by atoms with van der Waals surface area (Å²) in [5, 5.41) is 8.62. The molecule has 1 rings (SSSR count). The highest BCUT2D eigenvalue weighted by atomic mass is 31.2. The van der Waals surface area contributed by atoms with Crippen LogP contribution in [0.3, 0.4) is 0 Å². The van der Waals surface area contributed by atoms with Crippen molar-refractivity contribution >= 4 is 13.6 Å². The third-order valence-corrected chi connectivity index (χ3v) is 3.65. The average molecular weight is 237 g/mol. The molecule has 0 aliphatic heterocycles. The fourth-order valence-electron chi connectivity index (χ4n) is 1.79. The van der Waals surface area contributed by atoms with Gasteiger partial charge in [-0.05, 0) is 31.1 Å². The van der Waals surface area contributed by atoms with Gasteiger partial charge >= 0.3 is 13.6 Å². The van der Waals surface area contributed by atoms with E-state index in [0.29, 0.717) is 12.8 Å². The molecule has 0 radical (unpaired) electrons. The molecule has 0 amide bonds. The average Bonchev–Trinajstić information content (AvgIpc) is 2.80. The first kappa shape index (κ1) is 12.6. The summed E-state index contributed by atoms with van der Waals surface area (Å²) in [7, 11) is -3.90. The summed E-state index contributed by atoms with van der Waals surface area (Å²) >= 11 is 0. The Morgan fingerprint density at radius 1 is 1.53 bits per heavy atom. The van der Waals surface area contributed by atoms with Crippen LogP contribution in [0.25, 0.3) is 0 Å². The van der Waals surface area contributed by atoms with Crippen molar-refractivity contribution in [1.29, 1.82) is 0 Å². The highest BCUT2D eigenvalue weighted by Crippen LogP contribution is 2.45. The maximum Gasteiger partial charge on any atom is 0.325 e. The number of carboxylic acids is 1. The quantitative estimate of drug-likeness (QED) is 0.482. The lowest BCUT2D eigenvalue weighted by Gasteiger charge is -2.05. The molecular formula is C8H16NO5P. The molecule has 0 spiro atoms. The van der Waals surface area contributed by atoms with Crippen molar-refractivity contribution in [2.45, 2.75) is 25.3 Å². The van der Waals surface area contributed by atoms with Gasteiger partial charge in [0.1, 0.15) is 6.04 Å². The largest absolute Gasteiger partial charge is 0.480 e. The highest BCUT2D eigenvalue weighted by molar-refractivity contribution is 7.51. The van der Waals surface area contributed by atoms with Gasteiger partial charge in [0, 0.05) is 6.16 Å². The smallest absolute Gasteiger partial charge is 0.325 e. The molecular weight excluding hydrogens is 221 g/mol. The SMILES string of the molecule is N[C@H](C(=O)O)C1CC1CCCP(=O)(O)O. The van der Waals surface area contributed by atoms with Gasteiger partial charge in [-0.3, -0.25) is 9.36 Å². The zero-order valence-corrected chi connectivity index (χ0v) is 9.14. The Morgan fingerprint density at radius 3 is 2.60 bits per heavy atom. The number of rotatable bonds is 6. The van der Waals surface area contributed by atoms with E-state index in [1.165, 1.54) is 0 Å². The van der Waals surface area contributed by atoms with Gasteiger partial charge in [-0.2, -0.15) is 0 Å². The molecule has 0 aromatic rings. The molecule has 0 aromatic carbocycles. The molecule has 3 atom stereocenters. The lowest BCUT2D eigenvalue weighted by atomic mass is 10.1. The Morgan fingerprint density at radius 2 is 2.13 bits per heavy atom. The minimum absolute atomic E-state index is 0.0146. The third-order valence-electron chi connectivity index (χ3n) is 2.75. The fraction of sp³-hybridized carbons (Fsp3) is 0.875. The maximum atomic E-state index is 10.5. The topological polar surface area (TPSA) is 121 Å². The van der Waals surface area contributed by atoms with E-state index in [-0.39, 0.29) is 18.0 Å². The zero-order chi connectivity index (χ0) is 11.6. The second-order valence-electron chi connectivity index (χ2n) is 4.05. The summed E-state index contributed by atoms with van der Waals surface area (Å²) in [5.41, 5.74) is 5.42. The second kappa shape index (κ2) is 4.61. The number of hydrogen-bond acceptors (Lipinski definition) is 3. The van der Waals surface area contributed by atoms with Crippen molar-refractivity contribution in [3.05, 3.63) is 0 Å². The van der Waals surface area contributed by atoms with Crippen LogP contribution in [-0.4, -0.2) is 33.1 Å². The van der Waals surface area contributed by atoms with Gasteiger partial charge in [-0.1, -0.05) is 0 Å². The van der Waals surface area contributed by atoms with Gasteiger partial charge in [0.25, 0.3) is 0 Å². The second-order valence-corrected chi connectivity index (χ2v) is 5.83. The van der Waals surface area contributed by atoms with Crippen molar-refractivity contribution in [3.63, 3.8) is 0 Å². The standard InChI is InChI=1S/C8H16NO5P/c9-7(8(10)11)6-4-5(6)2-1-3-15(12,13)14/h5-7H,1-4,9H2,(H,10,11)(H2,12,13,14)/t5?,6?,7-/m0/s1. The van der Waals surface area contributed by atoms with Gasteiger partial charge in [0.2, 0.25) is 0 Å². The fourth-order valence-corrected chi connectivity index (χ4v) is 2.38. The minimum Gasteiger partial charge on any atom is -0.480 e. The highest BCUT2D eigenvalue weighted by Gasteiger charge is 2.43. The lowest BCUT2D eigenvalue weighted by Crippen LogP contribution is -2.32. The van der Waals surface area contributed by atoms with E-state index in [2.05, 4.69) is 0 Å². The zero-order valence-electron chi connectivity index (χ0n) is 8.24. The van der Waals surface area contributed by atoms with E-state index in [9.17, 15) is 9.36 Å². The number of carbonyl (C=O) groups is 1. The predicted molar refractivity (Wildman–Crippen MR) is 53.4 cm³/mol. The van der Waals surface area contributed by atoms with Crippen molar-refractivity contribution in [2.75, 3.05) is 6.16 Å². The van der Waals surface area contributed by atoms with Crippen LogP contribution in [0.1, 0.15) is 19.3 Å². The number of nitrogens with two attached hydrogens (primary N) is 1. The van der Waals surface area contributed by atoms with Crippen LogP contribution >= 0.6 is 7.60 Å². The van der Waals surface area contributed by atoms with Gasteiger partial charge in [0.05, 0.1) is 0 Å². The third kappa shape index (κ3) is 4.30. The minimum atomic E-state index is -3.90. The predicted octanol–water partition coefficient (Wildman–Crippen LogP) is -0.00770. The first-order chi connectivity index (χ1) is 6.81. The van der Waals surface area contributed by atoms with E-state index >= 15 is 0 Å². The summed E-state index contributed by atoms with van der Waals surface area (Å²) < 4.78 is 10.5. The number of aliphatic carboxylic acids is 1. The molecule has 0 aromatic heterocycles. The molecule has 0 saturated heterocycles. The maximum absolute atomic E-state index is 10.5. The van der Waals surface area contributed by atoms with E-state index in [4.69, 9.17) is 20.6 Å². The summed E-state index contributed by atoms with van der Waals surface area (Å²) in [5.74, 6) is -0.792. The Kier molecular flexibility index (Phi) is 3.89. The van der Waals surface area contributed by atoms with Crippen molar-refractivity contribution < 1.29 is 24.3 Å². The molecule has 88 valence electrons. The molecule has 15 heavy (non-hydrogen) atoms. The number of carboxylic acid groups (broad SMARTS) is 1. The first-order valence-corrected chi connectivity index (χ1v) is 6.64. The van der Waals surface area contributed by atoms with Crippen molar-refractivity contribution in [3.8, 4) is 0 Å². The molecule has 5 N–H and O–H groups in total. The van der Waals surface area contributed by atoms with Gasteiger partial charge < -0.3 is 20.6 Å². The van der Waals surface area contributed by atoms with Crippen molar-refractivity contribution in [1.82, 2.24) is 0 Å². The molecule has 1 fully saturated rings. The van der Waals surface area contributed by atoms with E-state index in [1.807, 2.05) is 0 Å². The van der Waals surface area contributed by atoms with Crippen LogP contribution in [0.15, 0.2) is 0 Å². The van der Waals surface area contributed by atoms with Gasteiger partial charge in [-0.15, -0.1) is 0 Å². The normalized spacial score (nSPS) is 27.4. The van der Waals surface area contributed by atoms with Crippen LogP contribution < -0.4 is 5.73 Å². The van der Waals surface area contributed by atoms with E-state index in [0.717, 1.165) is 6.42 Å². The van der Waals surface area contributed by atoms with Crippen molar-refractivity contribution in [2.24, 2.45) is 17.6 Å². The van der Waals surface area contributed by atoms with E-state index in [1.54, 1.807) is 0 Å². The monoisotopic (exact) mass is 237 g/mol. The molecule has 0 bridgehead atoms. The van der Waals surface area contributed by atoms with Gasteiger partial charge in [-0.25, -0.2) is 0 Å². The van der Waals surface area contributed by atoms with Crippen LogP contribution in [0.2, 0.25) is 0 Å². The Labute approximate surface area is 87.6 Å². The summed E-state index contributed by atoms with van der Waals surface area (Å²) in [6.07, 6.45) is 1.71. The molecule has 2 unspecified atom stereocenters. The Hall–Kier alpha value is -0.420. The van der Waals surface area contributed by atoms with Gasteiger partial charge in [0.15, 0.2) is 0 Å². The number of hydrogen-bond donors (Lipinski definition) is 4. The summed E-state index contributed by atoms with van der Waals surface area (Å²) in [6.45, 7) is 0. The molecule has 1 saturated carbocycles. The van der Waals surface area contributed by atoms with Crippen LogP contribution in [0.5, 0.6) is 0 Å². The summed E-state index contributed by atoms with van der Waals surface area (Å²) in [6, 6.07) is -0.829. The lowest BCUT2D eigenvalue weighted by molar-refractivity contribution is -0.139. The first-order valence-electron chi connectivity index (χ1n) is 4.84. The van der Waals surface area contributed by atoms with Crippen LogP contribution in [-0.2, 0) is 9.36 Å². The molecule has 0 heterocycles. The molecule has 1 aliphatic carbocycles. The molecule has 1 aliphatic rings. The Bertz CT molecular complexity index is 289. The van der Waals surface area contributed by atoms with Crippen LogP contribution in [0.4, 0.5) is 0 Å².